The molecule has 0 amide bonds. The van der Waals surface area contributed by atoms with E-state index in [2.05, 4.69) is 6.92 Å². The molecule has 0 aromatic rings. The average Bonchev–Trinajstić information content (AvgIpc) is 2.49. The monoisotopic (exact) mass is 454 g/mol. The third-order valence-electron chi connectivity index (χ3n) is 3.96. The van der Waals surface area contributed by atoms with E-state index >= 15 is 0 Å². The van der Waals surface area contributed by atoms with E-state index in [0.717, 1.165) is 19.3 Å². The Labute approximate surface area is 234 Å². The van der Waals surface area contributed by atoms with Gasteiger partial charge < -0.3 is 14.9 Å². The van der Waals surface area contributed by atoms with E-state index in [1.807, 2.05) is 0 Å². The van der Waals surface area contributed by atoms with E-state index in [9.17, 15) is 18.0 Å². The van der Waals surface area contributed by atoms with E-state index in [4.69, 9.17) is 19.5 Å². The Morgan fingerprint density at radius 1 is 0.821 bits per heavy atom. The average molecular weight is 454 g/mol. The van der Waals surface area contributed by atoms with Crippen LogP contribution in [0, 0.1) is 0 Å². The Balaban J connectivity index is -0.000000960. The van der Waals surface area contributed by atoms with Gasteiger partial charge in [-0.1, -0.05) is 64.7 Å². The van der Waals surface area contributed by atoms with Crippen molar-refractivity contribution in [3.63, 3.8) is 0 Å². The summed E-state index contributed by atoms with van der Waals surface area (Å²) in [6.07, 6.45) is 8.92. The second kappa shape index (κ2) is 20.7. The van der Waals surface area contributed by atoms with Crippen molar-refractivity contribution in [2.75, 3.05) is 6.61 Å². The van der Waals surface area contributed by atoms with E-state index in [1.165, 1.54) is 32.1 Å². The summed E-state index contributed by atoms with van der Waals surface area (Å²) in [5.74, 6) is -3.73. The number of hydrogen-bond acceptors (Lipinski definition) is 5. The van der Waals surface area contributed by atoms with Gasteiger partial charge in [0.15, 0.2) is 0 Å². The van der Waals surface area contributed by atoms with Crippen LogP contribution in [-0.2, 0) is 24.4 Å². The third-order valence-corrected chi connectivity index (χ3v) is 5.23. The molecule has 1 unspecified atom stereocenters. The summed E-state index contributed by atoms with van der Waals surface area (Å²) < 4.78 is 36.6. The Morgan fingerprint density at radius 3 is 1.54 bits per heavy atom. The van der Waals surface area contributed by atoms with Gasteiger partial charge in [0.1, 0.15) is 6.42 Å². The van der Waals surface area contributed by atoms with Crippen LogP contribution in [0.3, 0.4) is 0 Å². The fraction of sp³-hybridized carbons (Fsp3) is 0.875. The summed E-state index contributed by atoms with van der Waals surface area (Å²) in [5.41, 5.74) is 0. The number of rotatable bonds is 16. The van der Waals surface area contributed by atoms with Crippen molar-refractivity contribution in [1.29, 1.82) is 0 Å². The summed E-state index contributed by atoms with van der Waals surface area (Å²) in [5, 5.41) is 17.8. The van der Waals surface area contributed by atoms with Crippen molar-refractivity contribution in [2.45, 2.75) is 82.5 Å². The number of carboxylic acids is 2. The van der Waals surface area contributed by atoms with Crippen LogP contribution in [-0.4, -0.2) is 135 Å². The molecule has 0 bridgehead atoms. The van der Waals surface area contributed by atoms with Gasteiger partial charge in [-0.3, -0.25) is 9.35 Å². The summed E-state index contributed by atoms with van der Waals surface area (Å²) in [4.78, 5) is 18.8. The molecule has 12 heteroatoms. The fourth-order valence-corrected chi connectivity index (χ4v) is 3.25. The van der Waals surface area contributed by atoms with Crippen LogP contribution in [0.5, 0.6) is 0 Å². The predicted molar refractivity (Wildman–Crippen MR) is 113 cm³/mol. The SMILES string of the molecule is CCCCCCCCCCCCOC(CC(=O)O)(C(=O)O)S(=O)(=O)O.[NaH].[NaH].[NaH]. The summed E-state index contributed by atoms with van der Waals surface area (Å²) >= 11 is 0. The number of aliphatic carboxylic acids is 2. The molecule has 0 rings (SSSR count). The molecule has 0 aliphatic heterocycles. The molecule has 0 aromatic heterocycles. The van der Waals surface area contributed by atoms with Gasteiger partial charge in [-0.05, 0) is 6.42 Å². The molecule has 1 atom stereocenters. The predicted octanol–water partition coefficient (Wildman–Crippen LogP) is 1.12. The van der Waals surface area contributed by atoms with Crippen LogP contribution in [0.2, 0.25) is 0 Å². The zero-order chi connectivity index (χ0) is 19.3. The van der Waals surface area contributed by atoms with Crippen LogP contribution in [0.15, 0.2) is 0 Å². The number of carboxylic acid groups (broad SMARTS) is 2. The van der Waals surface area contributed by atoms with Crippen LogP contribution in [0.1, 0.15) is 77.6 Å². The molecule has 0 radical (unpaired) electrons. The number of unbranched alkanes of at least 4 members (excludes halogenated alkanes) is 9. The minimum absolute atomic E-state index is 0. The van der Waals surface area contributed by atoms with Crippen LogP contribution in [0.4, 0.5) is 0 Å². The molecule has 3 N–H and O–H groups in total. The number of carbonyl (C=O) groups is 2. The second-order valence-corrected chi connectivity index (χ2v) is 7.74. The normalized spacial score (nSPS) is 12.6. The van der Waals surface area contributed by atoms with Gasteiger partial charge in [0, 0.05) is 6.61 Å². The van der Waals surface area contributed by atoms with Crippen molar-refractivity contribution in [3.05, 3.63) is 0 Å². The number of ether oxygens (including phenoxy) is 1. The van der Waals surface area contributed by atoms with Crippen LogP contribution < -0.4 is 0 Å². The maximum atomic E-state index is 11.3. The Morgan fingerprint density at radius 2 is 1.21 bits per heavy atom. The molecular weight excluding hydrogens is 421 g/mol. The molecule has 8 nitrogen and oxygen atoms in total. The molecule has 0 fully saturated rings. The third kappa shape index (κ3) is 15.6. The standard InChI is InChI=1S/C16H30O8S.3Na.3H/c1-2-3-4-5-6-7-8-9-10-11-12-24-16(15(19)20,13-14(17)18)25(21,22)23;;;;;;/h2-13H2,1H3,(H,17,18)(H,19,20)(H,21,22,23);;;;;;. The molecule has 0 spiro atoms. The van der Waals surface area contributed by atoms with Gasteiger partial charge in [0.05, 0.1) is 0 Å². The molecule has 0 heterocycles. The van der Waals surface area contributed by atoms with E-state index < -0.39 is 33.4 Å². The molecule has 0 aliphatic rings. The van der Waals surface area contributed by atoms with Crippen LogP contribution >= 0.6 is 0 Å². The quantitative estimate of drug-likeness (QED) is 0.179. The summed E-state index contributed by atoms with van der Waals surface area (Å²) in [6.45, 7) is 1.91. The summed E-state index contributed by atoms with van der Waals surface area (Å²) in [6, 6.07) is 0. The zero-order valence-corrected chi connectivity index (χ0v) is 15.6. The molecule has 154 valence electrons. The van der Waals surface area contributed by atoms with E-state index in [0.29, 0.717) is 12.8 Å². The molecule has 0 aromatic carbocycles. The Bertz CT molecular complexity index is 516. The van der Waals surface area contributed by atoms with E-state index in [1.54, 1.807) is 0 Å². The second-order valence-electron chi connectivity index (χ2n) is 6.13. The first-order valence-electron chi connectivity index (χ1n) is 8.73. The van der Waals surface area contributed by atoms with Gasteiger partial charge in [0.25, 0.3) is 0 Å². The Hall–Kier alpha value is 1.81. The van der Waals surface area contributed by atoms with Crippen molar-refractivity contribution in [2.24, 2.45) is 0 Å². The van der Waals surface area contributed by atoms with Gasteiger partial charge in [-0.15, -0.1) is 0 Å². The van der Waals surface area contributed by atoms with E-state index in [-0.39, 0.29) is 95.3 Å². The van der Waals surface area contributed by atoms with Gasteiger partial charge in [0.2, 0.25) is 0 Å². The first kappa shape index (κ1) is 37.1. The topological polar surface area (TPSA) is 138 Å². The molecule has 0 aliphatic carbocycles. The minimum atomic E-state index is -5.24. The van der Waals surface area contributed by atoms with Crippen LogP contribution in [0.25, 0.3) is 0 Å². The zero-order valence-electron chi connectivity index (χ0n) is 14.8. The molecular formula is C16H33Na3O8S. The molecule has 0 saturated heterocycles. The van der Waals surface area contributed by atoms with Crippen molar-refractivity contribution in [1.82, 2.24) is 0 Å². The van der Waals surface area contributed by atoms with Gasteiger partial charge in [-0.25, -0.2) is 4.79 Å². The molecule has 0 saturated carbocycles. The van der Waals surface area contributed by atoms with Crippen molar-refractivity contribution >= 4 is 111 Å². The first-order chi connectivity index (χ1) is 11.7. The number of hydrogen-bond donors (Lipinski definition) is 3. The first-order valence-corrected chi connectivity index (χ1v) is 10.2. The maximum absolute atomic E-state index is 11.3. The molecule has 28 heavy (non-hydrogen) atoms. The van der Waals surface area contributed by atoms with Gasteiger partial charge >= 0.3 is 116 Å². The van der Waals surface area contributed by atoms with Crippen molar-refractivity contribution < 1.29 is 37.5 Å². The van der Waals surface area contributed by atoms with Crippen molar-refractivity contribution in [3.8, 4) is 0 Å². The summed E-state index contributed by atoms with van der Waals surface area (Å²) in [7, 11) is -5.24. The van der Waals surface area contributed by atoms with Gasteiger partial charge in [-0.2, -0.15) is 8.42 Å². The Kier molecular flexibility index (Phi) is 27.5. The fourth-order valence-electron chi connectivity index (χ4n) is 2.49.